The van der Waals surface area contributed by atoms with Crippen LogP contribution >= 0.6 is 0 Å². The maximum absolute atomic E-state index is 12.6. The third kappa shape index (κ3) is 3.66. The van der Waals surface area contributed by atoms with Gasteiger partial charge in [0.05, 0.1) is 19.6 Å². The summed E-state index contributed by atoms with van der Waals surface area (Å²) in [5.74, 6) is 1.23. The molecule has 0 aromatic carbocycles. The van der Waals surface area contributed by atoms with E-state index in [9.17, 15) is 13.2 Å². The Labute approximate surface area is 166 Å². The summed E-state index contributed by atoms with van der Waals surface area (Å²) in [6.07, 6.45) is 1.81. The highest BCUT2D eigenvalue weighted by atomic mass is 32.2. The minimum Gasteiger partial charge on any atom is -0.383 e. The van der Waals surface area contributed by atoms with Crippen molar-refractivity contribution in [2.45, 2.75) is 38.5 Å². The SMILES string of the molecule is COCCN1C(=O)Cc2c(C)nc(C3(C)CCCN(S(=O)(=O)N(C)C)C3)nc21. The number of aromatic nitrogens is 2. The molecule has 1 aromatic rings. The summed E-state index contributed by atoms with van der Waals surface area (Å²) in [4.78, 5) is 23.5. The van der Waals surface area contributed by atoms with E-state index in [0.717, 1.165) is 24.1 Å². The van der Waals surface area contributed by atoms with Gasteiger partial charge in [-0.05, 0) is 19.8 Å². The Morgan fingerprint density at radius 1 is 1.29 bits per heavy atom. The average Bonchev–Trinajstić information content (AvgIpc) is 2.96. The second kappa shape index (κ2) is 7.66. The molecule has 1 fully saturated rings. The molecule has 0 radical (unpaired) electrons. The number of methoxy groups -OCH3 is 1. The second-order valence-corrected chi connectivity index (χ2v) is 10.1. The van der Waals surface area contributed by atoms with Crippen molar-refractivity contribution >= 4 is 21.9 Å². The first-order valence-electron chi connectivity index (χ1n) is 9.45. The van der Waals surface area contributed by atoms with Crippen molar-refractivity contribution < 1.29 is 17.9 Å². The number of piperidine rings is 1. The Hall–Kier alpha value is -1.62. The molecule has 0 N–H and O–H groups in total. The minimum absolute atomic E-state index is 0.00721. The number of anilines is 1. The third-order valence-corrected chi connectivity index (χ3v) is 7.47. The van der Waals surface area contributed by atoms with E-state index >= 15 is 0 Å². The van der Waals surface area contributed by atoms with Gasteiger partial charge in [0.2, 0.25) is 5.91 Å². The van der Waals surface area contributed by atoms with Crippen LogP contribution in [0.1, 0.15) is 36.8 Å². The summed E-state index contributed by atoms with van der Waals surface area (Å²) < 4.78 is 33.1. The molecule has 1 amide bonds. The molecule has 3 heterocycles. The average molecular weight is 412 g/mol. The van der Waals surface area contributed by atoms with E-state index < -0.39 is 15.6 Å². The van der Waals surface area contributed by atoms with E-state index in [4.69, 9.17) is 14.7 Å². The van der Waals surface area contributed by atoms with Gasteiger partial charge in [0.15, 0.2) is 0 Å². The highest BCUT2D eigenvalue weighted by Crippen LogP contribution is 2.36. The molecule has 0 bridgehead atoms. The van der Waals surface area contributed by atoms with E-state index in [1.54, 1.807) is 12.0 Å². The smallest absolute Gasteiger partial charge is 0.281 e. The number of hydrogen-bond donors (Lipinski definition) is 0. The van der Waals surface area contributed by atoms with Crippen LogP contribution in [0, 0.1) is 6.92 Å². The number of rotatable bonds is 6. The molecule has 3 rings (SSSR count). The normalized spacial score (nSPS) is 23.5. The third-order valence-electron chi connectivity index (χ3n) is 5.58. The number of carbonyl (C=O) groups excluding carboxylic acids is 1. The Bertz CT molecular complexity index is 873. The van der Waals surface area contributed by atoms with E-state index in [1.807, 2.05) is 13.8 Å². The molecule has 0 aliphatic carbocycles. The zero-order valence-corrected chi connectivity index (χ0v) is 18.0. The molecular formula is C18H29N5O4S. The Kier molecular flexibility index (Phi) is 5.77. The lowest BCUT2D eigenvalue weighted by molar-refractivity contribution is -0.117. The van der Waals surface area contributed by atoms with Crippen molar-refractivity contribution in [3.63, 3.8) is 0 Å². The number of ether oxygens (including phenoxy) is 1. The molecule has 28 heavy (non-hydrogen) atoms. The van der Waals surface area contributed by atoms with E-state index in [2.05, 4.69) is 0 Å². The lowest BCUT2D eigenvalue weighted by Crippen LogP contribution is -2.51. The van der Waals surface area contributed by atoms with Crippen LogP contribution in [0.5, 0.6) is 0 Å². The summed E-state index contributed by atoms with van der Waals surface area (Å²) in [5.41, 5.74) is 1.11. The van der Waals surface area contributed by atoms with Gasteiger partial charge in [0, 0.05) is 51.0 Å². The fourth-order valence-electron chi connectivity index (χ4n) is 3.86. The molecule has 1 saturated heterocycles. The Balaban J connectivity index is 1.97. The van der Waals surface area contributed by atoms with Gasteiger partial charge in [-0.15, -0.1) is 0 Å². The molecular weight excluding hydrogens is 382 g/mol. The van der Waals surface area contributed by atoms with Crippen LogP contribution in [0.4, 0.5) is 5.82 Å². The van der Waals surface area contributed by atoms with Crippen LogP contribution in [0.2, 0.25) is 0 Å². The van der Waals surface area contributed by atoms with Crippen LogP contribution in [0.25, 0.3) is 0 Å². The topological polar surface area (TPSA) is 95.9 Å². The molecule has 1 unspecified atom stereocenters. The molecule has 2 aliphatic rings. The van der Waals surface area contributed by atoms with Gasteiger partial charge >= 0.3 is 0 Å². The number of amides is 1. The van der Waals surface area contributed by atoms with Gasteiger partial charge < -0.3 is 4.74 Å². The van der Waals surface area contributed by atoms with Crippen LogP contribution in [-0.2, 0) is 31.6 Å². The molecule has 9 nitrogen and oxygen atoms in total. The molecule has 156 valence electrons. The molecule has 0 spiro atoms. The van der Waals surface area contributed by atoms with Gasteiger partial charge in [0.25, 0.3) is 10.2 Å². The number of fused-ring (bicyclic) bond motifs is 1. The standard InChI is InChI=1S/C18H29N5O4S/c1-13-14-11-15(24)23(9-10-27-5)16(14)20-17(19-13)18(2)7-6-8-22(12-18)28(25,26)21(3)4/h6-12H2,1-5H3. The van der Waals surface area contributed by atoms with Crippen LogP contribution in [0.3, 0.4) is 0 Å². The molecule has 1 aromatic heterocycles. The second-order valence-electron chi connectivity index (χ2n) is 7.94. The molecule has 2 aliphatic heterocycles. The summed E-state index contributed by atoms with van der Waals surface area (Å²) in [7, 11) is 1.17. The highest BCUT2D eigenvalue weighted by Gasteiger charge is 2.42. The lowest BCUT2D eigenvalue weighted by Gasteiger charge is -2.39. The first-order chi connectivity index (χ1) is 13.1. The maximum Gasteiger partial charge on any atom is 0.281 e. The van der Waals surface area contributed by atoms with Crippen LogP contribution in [0.15, 0.2) is 0 Å². The van der Waals surface area contributed by atoms with Crippen molar-refractivity contribution in [2.75, 3.05) is 52.3 Å². The molecule has 0 saturated carbocycles. The van der Waals surface area contributed by atoms with Crippen molar-refractivity contribution in [3.8, 4) is 0 Å². The van der Waals surface area contributed by atoms with E-state index in [0.29, 0.717) is 44.3 Å². The first kappa shape index (κ1) is 21.1. The largest absolute Gasteiger partial charge is 0.383 e. The number of nitrogens with zero attached hydrogens (tertiary/aromatic N) is 5. The van der Waals surface area contributed by atoms with Crippen molar-refractivity contribution in [2.24, 2.45) is 0 Å². The van der Waals surface area contributed by atoms with Gasteiger partial charge in [-0.1, -0.05) is 6.92 Å². The summed E-state index contributed by atoms with van der Waals surface area (Å²) in [6, 6.07) is 0. The van der Waals surface area contributed by atoms with E-state index in [-0.39, 0.29) is 5.91 Å². The molecule has 10 heteroatoms. The number of hydrogen-bond acceptors (Lipinski definition) is 6. The lowest BCUT2D eigenvalue weighted by atomic mass is 9.81. The summed E-state index contributed by atoms with van der Waals surface area (Å²) in [5, 5.41) is 0. The molecule has 1 atom stereocenters. The summed E-state index contributed by atoms with van der Waals surface area (Å²) >= 11 is 0. The fourth-order valence-corrected chi connectivity index (χ4v) is 5.13. The summed E-state index contributed by atoms with van der Waals surface area (Å²) in [6.45, 7) is 5.56. The zero-order valence-electron chi connectivity index (χ0n) is 17.2. The van der Waals surface area contributed by atoms with Crippen LogP contribution in [-0.4, -0.2) is 80.3 Å². The number of carbonyl (C=O) groups is 1. The van der Waals surface area contributed by atoms with Crippen LogP contribution < -0.4 is 4.90 Å². The van der Waals surface area contributed by atoms with Gasteiger partial charge in [-0.2, -0.15) is 17.0 Å². The predicted molar refractivity (Wildman–Crippen MR) is 105 cm³/mol. The van der Waals surface area contributed by atoms with Gasteiger partial charge in [0.1, 0.15) is 11.6 Å². The fraction of sp³-hybridized carbons (Fsp3) is 0.722. The van der Waals surface area contributed by atoms with Gasteiger partial charge in [-0.3, -0.25) is 9.69 Å². The van der Waals surface area contributed by atoms with Crippen molar-refractivity contribution in [1.29, 1.82) is 0 Å². The van der Waals surface area contributed by atoms with Gasteiger partial charge in [-0.25, -0.2) is 9.97 Å². The minimum atomic E-state index is -3.50. The number of aryl methyl sites for hydroxylation is 1. The first-order valence-corrected chi connectivity index (χ1v) is 10.8. The van der Waals surface area contributed by atoms with E-state index in [1.165, 1.54) is 22.7 Å². The van der Waals surface area contributed by atoms with Crippen molar-refractivity contribution in [1.82, 2.24) is 18.6 Å². The predicted octanol–water partition coefficient (Wildman–Crippen LogP) is 0.480. The highest BCUT2D eigenvalue weighted by molar-refractivity contribution is 7.86. The Morgan fingerprint density at radius 2 is 2.00 bits per heavy atom. The monoisotopic (exact) mass is 411 g/mol. The quantitative estimate of drug-likeness (QED) is 0.676. The van der Waals surface area contributed by atoms with Crippen molar-refractivity contribution in [3.05, 3.63) is 17.1 Å². The zero-order chi connectivity index (χ0) is 20.7. The maximum atomic E-state index is 12.6. The Morgan fingerprint density at radius 3 is 2.64 bits per heavy atom.